The van der Waals surface area contributed by atoms with Crippen LogP contribution in [0.25, 0.3) is 10.9 Å². The zero-order valence-electron chi connectivity index (χ0n) is 11.3. The van der Waals surface area contributed by atoms with E-state index in [0.29, 0.717) is 13.1 Å². The lowest BCUT2D eigenvalue weighted by atomic mass is 10.1. The Balaban J connectivity index is 1.94. The molecule has 3 rings (SSSR count). The number of rotatable bonds is 3. The Morgan fingerprint density at radius 1 is 1.14 bits per heavy atom. The summed E-state index contributed by atoms with van der Waals surface area (Å²) in [5.41, 5.74) is -1.14. The zero-order valence-corrected chi connectivity index (χ0v) is 11.3. The summed E-state index contributed by atoms with van der Waals surface area (Å²) >= 11 is 0. The molecule has 0 atom stereocenters. The first kappa shape index (κ1) is 14.3. The molecule has 2 aromatic heterocycles. The van der Waals surface area contributed by atoms with Gasteiger partial charge < -0.3 is 4.57 Å². The van der Waals surface area contributed by atoms with E-state index >= 15 is 0 Å². The van der Waals surface area contributed by atoms with Gasteiger partial charge in [0.25, 0.3) is 5.56 Å². The highest BCUT2D eigenvalue weighted by molar-refractivity contribution is 5.78. The van der Waals surface area contributed by atoms with E-state index in [4.69, 9.17) is 0 Å². The number of hydrogen-bond acceptors (Lipinski definition) is 3. The Labute approximate surface area is 122 Å². The average molecular weight is 308 g/mol. The highest BCUT2D eigenvalue weighted by Gasteiger charge is 2.30. The Morgan fingerprint density at radius 3 is 2.64 bits per heavy atom. The molecular weight excluding hydrogens is 297 g/mol. The molecule has 2 heterocycles. The topological polar surface area (TPSA) is 52.7 Å². The minimum atomic E-state index is -4.45. The van der Waals surface area contributed by atoms with Crippen molar-refractivity contribution in [1.29, 1.82) is 0 Å². The van der Waals surface area contributed by atoms with Gasteiger partial charge >= 0.3 is 6.18 Å². The summed E-state index contributed by atoms with van der Waals surface area (Å²) in [5.74, 6) is 0. The van der Waals surface area contributed by atoms with Crippen LogP contribution in [0.3, 0.4) is 0 Å². The van der Waals surface area contributed by atoms with Crippen LogP contribution < -0.4 is 5.56 Å². The summed E-state index contributed by atoms with van der Waals surface area (Å²) in [4.78, 5) is 20.1. The number of alkyl halides is 3. The van der Waals surface area contributed by atoms with Gasteiger partial charge in [0.05, 0.1) is 29.1 Å². The van der Waals surface area contributed by atoms with E-state index in [0.717, 1.165) is 12.1 Å². The molecule has 0 radical (unpaired) electrons. The maximum Gasteiger partial charge on any atom is 0.416 e. The molecule has 0 aliphatic rings. The fourth-order valence-electron chi connectivity index (χ4n) is 2.14. The minimum absolute atomic E-state index is 0.0405. The third-order valence-electron chi connectivity index (χ3n) is 3.31. The quantitative estimate of drug-likeness (QED) is 0.746. The van der Waals surface area contributed by atoms with Gasteiger partial charge in [-0.1, -0.05) is 0 Å². The van der Waals surface area contributed by atoms with Gasteiger partial charge in [-0.05, 0) is 18.2 Å². The largest absolute Gasteiger partial charge is 0.416 e. The number of imidazole rings is 1. The van der Waals surface area contributed by atoms with Crippen LogP contribution in [0.1, 0.15) is 5.56 Å². The maximum atomic E-state index is 12.7. The molecule has 0 N–H and O–H groups in total. The number of nitrogens with zero attached hydrogens (tertiary/aromatic N) is 4. The van der Waals surface area contributed by atoms with Gasteiger partial charge in [0.1, 0.15) is 0 Å². The first-order valence-electron chi connectivity index (χ1n) is 6.47. The van der Waals surface area contributed by atoms with Gasteiger partial charge in [-0.25, -0.2) is 9.97 Å². The molecule has 0 spiro atoms. The van der Waals surface area contributed by atoms with E-state index in [9.17, 15) is 18.0 Å². The predicted molar refractivity (Wildman–Crippen MR) is 73.2 cm³/mol. The van der Waals surface area contributed by atoms with Crippen molar-refractivity contribution in [1.82, 2.24) is 19.1 Å². The maximum absolute atomic E-state index is 12.7. The molecule has 0 fully saturated rings. The van der Waals surface area contributed by atoms with Gasteiger partial charge in [-0.2, -0.15) is 13.2 Å². The highest BCUT2D eigenvalue weighted by Crippen LogP contribution is 2.30. The van der Waals surface area contributed by atoms with E-state index < -0.39 is 11.7 Å². The van der Waals surface area contributed by atoms with E-state index in [2.05, 4.69) is 9.97 Å². The van der Waals surface area contributed by atoms with Crippen molar-refractivity contribution in [3.63, 3.8) is 0 Å². The minimum Gasteiger partial charge on any atom is -0.336 e. The fraction of sp³-hybridized carbons (Fsp3) is 0.214. The molecule has 0 bridgehead atoms. The van der Waals surface area contributed by atoms with Crippen LogP contribution in [0.15, 0.2) is 48.0 Å². The second-order valence-electron chi connectivity index (χ2n) is 4.77. The van der Waals surface area contributed by atoms with E-state index in [1.807, 2.05) is 0 Å². The van der Waals surface area contributed by atoms with Gasteiger partial charge in [-0.15, -0.1) is 0 Å². The zero-order chi connectivity index (χ0) is 15.7. The van der Waals surface area contributed by atoms with Crippen molar-refractivity contribution in [2.45, 2.75) is 19.3 Å². The summed E-state index contributed by atoms with van der Waals surface area (Å²) in [6, 6.07) is 2.95. The molecule has 0 unspecified atom stereocenters. The van der Waals surface area contributed by atoms with E-state index in [-0.39, 0.29) is 16.5 Å². The summed E-state index contributed by atoms with van der Waals surface area (Å²) < 4.78 is 41.1. The van der Waals surface area contributed by atoms with Crippen LogP contribution >= 0.6 is 0 Å². The Kier molecular flexibility index (Phi) is 3.44. The van der Waals surface area contributed by atoms with Gasteiger partial charge in [-0.3, -0.25) is 9.36 Å². The molecule has 5 nitrogen and oxygen atoms in total. The number of hydrogen-bond donors (Lipinski definition) is 0. The van der Waals surface area contributed by atoms with Crippen LogP contribution in [0.4, 0.5) is 13.2 Å². The van der Waals surface area contributed by atoms with Crippen LogP contribution in [-0.4, -0.2) is 19.1 Å². The van der Waals surface area contributed by atoms with Crippen LogP contribution in [0, 0.1) is 0 Å². The molecule has 114 valence electrons. The monoisotopic (exact) mass is 308 g/mol. The number of aromatic nitrogens is 4. The summed E-state index contributed by atoms with van der Waals surface area (Å²) in [6.07, 6.45) is 1.82. The standard InChI is InChI=1S/C14H11F3N4O/c15-14(16,17)10-1-2-11-12(7-10)19-9-21(13(11)22)6-5-20-4-3-18-8-20/h1-4,7-9H,5-6H2. The van der Waals surface area contributed by atoms with E-state index in [1.54, 1.807) is 23.3 Å². The molecule has 1 aromatic carbocycles. The van der Waals surface area contributed by atoms with Crippen molar-refractivity contribution >= 4 is 10.9 Å². The molecule has 0 aliphatic heterocycles. The molecule has 0 amide bonds. The van der Waals surface area contributed by atoms with Gasteiger partial charge in [0.15, 0.2) is 0 Å². The van der Waals surface area contributed by atoms with Crippen LogP contribution in [0.5, 0.6) is 0 Å². The Morgan fingerprint density at radius 2 is 1.95 bits per heavy atom. The number of fused-ring (bicyclic) bond motifs is 1. The van der Waals surface area contributed by atoms with Crippen molar-refractivity contribution in [3.8, 4) is 0 Å². The average Bonchev–Trinajstić information content (AvgIpc) is 2.98. The number of benzene rings is 1. The second kappa shape index (κ2) is 5.28. The smallest absolute Gasteiger partial charge is 0.336 e. The highest BCUT2D eigenvalue weighted by atomic mass is 19.4. The SMILES string of the molecule is O=c1c2ccc(C(F)(F)F)cc2ncn1CCn1ccnc1. The van der Waals surface area contributed by atoms with Crippen molar-refractivity contribution < 1.29 is 13.2 Å². The molecule has 0 saturated heterocycles. The lowest BCUT2D eigenvalue weighted by Gasteiger charge is -2.09. The van der Waals surface area contributed by atoms with Crippen LogP contribution in [0.2, 0.25) is 0 Å². The molecule has 0 aliphatic carbocycles. The lowest BCUT2D eigenvalue weighted by molar-refractivity contribution is -0.137. The predicted octanol–water partition coefficient (Wildman–Crippen LogP) is 2.31. The second-order valence-corrected chi connectivity index (χ2v) is 4.77. The van der Waals surface area contributed by atoms with Crippen molar-refractivity contribution in [2.75, 3.05) is 0 Å². The normalized spacial score (nSPS) is 12.0. The van der Waals surface area contributed by atoms with Gasteiger partial charge in [0.2, 0.25) is 0 Å². The third kappa shape index (κ3) is 2.72. The Hall–Kier alpha value is -2.64. The molecular formula is C14H11F3N4O. The lowest BCUT2D eigenvalue weighted by Crippen LogP contribution is -2.23. The fourth-order valence-corrected chi connectivity index (χ4v) is 2.14. The van der Waals surface area contributed by atoms with Crippen molar-refractivity contribution in [3.05, 3.63) is 59.2 Å². The van der Waals surface area contributed by atoms with Crippen molar-refractivity contribution in [2.24, 2.45) is 0 Å². The summed E-state index contributed by atoms with van der Waals surface area (Å²) in [5, 5.41) is 0.168. The van der Waals surface area contributed by atoms with Crippen LogP contribution in [-0.2, 0) is 19.3 Å². The molecule has 8 heteroatoms. The first-order chi connectivity index (χ1) is 10.4. The number of halogens is 3. The van der Waals surface area contributed by atoms with E-state index in [1.165, 1.54) is 17.0 Å². The summed E-state index contributed by atoms with van der Waals surface area (Å²) in [6.45, 7) is 0.882. The first-order valence-corrected chi connectivity index (χ1v) is 6.47. The molecule has 3 aromatic rings. The Bertz CT molecular complexity index is 853. The summed E-state index contributed by atoms with van der Waals surface area (Å²) in [7, 11) is 0. The third-order valence-corrected chi connectivity index (χ3v) is 3.31. The number of aryl methyl sites for hydroxylation is 2. The molecule has 22 heavy (non-hydrogen) atoms. The molecule has 0 saturated carbocycles. The van der Waals surface area contributed by atoms with Gasteiger partial charge in [0, 0.05) is 25.5 Å².